The Morgan fingerprint density at radius 2 is 2.19 bits per heavy atom. The maximum absolute atomic E-state index is 6.28. The molecular weight excluding hydrogens is 307 g/mol. The van der Waals surface area contributed by atoms with Crippen LogP contribution in [0.2, 0.25) is 10.0 Å². The summed E-state index contributed by atoms with van der Waals surface area (Å²) < 4.78 is 0. The molecule has 3 rings (SSSR count). The zero-order valence-electron chi connectivity index (χ0n) is 11.9. The van der Waals surface area contributed by atoms with Gasteiger partial charge >= 0.3 is 0 Å². The summed E-state index contributed by atoms with van der Waals surface area (Å²) in [6, 6.07) is 4.23. The standard InChI is InChI=1S/C15H18Cl2N4/c1-21(11-2-3-11)15(18)19-5-4-9-8-20-13-7-10(16)6-12(17)14(9)13/h6-8,11,20H,2-5H2,1H3,(H2,18,19). The number of halogens is 2. The van der Waals surface area contributed by atoms with E-state index in [1.165, 1.54) is 12.8 Å². The van der Waals surface area contributed by atoms with E-state index < -0.39 is 0 Å². The van der Waals surface area contributed by atoms with E-state index in [0.29, 0.717) is 28.6 Å². The maximum atomic E-state index is 6.28. The number of hydrogen-bond donors (Lipinski definition) is 2. The summed E-state index contributed by atoms with van der Waals surface area (Å²) in [5, 5.41) is 2.32. The average molecular weight is 325 g/mol. The largest absolute Gasteiger partial charge is 0.370 e. The van der Waals surface area contributed by atoms with Gasteiger partial charge in [0.1, 0.15) is 0 Å². The van der Waals surface area contributed by atoms with Crippen molar-refractivity contribution in [2.24, 2.45) is 10.7 Å². The van der Waals surface area contributed by atoms with E-state index in [1.807, 2.05) is 19.3 Å². The fourth-order valence-corrected chi connectivity index (χ4v) is 3.11. The molecule has 2 aromatic rings. The number of nitrogens with one attached hydrogen (secondary N) is 1. The molecule has 1 aromatic heterocycles. The van der Waals surface area contributed by atoms with E-state index >= 15 is 0 Å². The predicted molar refractivity (Wildman–Crippen MR) is 89.3 cm³/mol. The second-order valence-electron chi connectivity index (χ2n) is 5.46. The van der Waals surface area contributed by atoms with Gasteiger partial charge in [-0.3, -0.25) is 4.99 Å². The minimum Gasteiger partial charge on any atom is -0.370 e. The minimum atomic E-state index is 0.582. The maximum Gasteiger partial charge on any atom is 0.191 e. The van der Waals surface area contributed by atoms with Crippen LogP contribution in [0.1, 0.15) is 18.4 Å². The third-order valence-corrected chi connectivity index (χ3v) is 4.41. The molecule has 6 heteroatoms. The molecule has 112 valence electrons. The lowest BCUT2D eigenvalue weighted by molar-refractivity contribution is 0.487. The molecule has 1 saturated carbocycles. The van der Waals surface area contributed by atoms with Crippen LogP contribution in [0.4, 0.5) is 0 Å². The Morgan fingerprint density at radius 3 is 2.90 bits per heavy atom. The SMILES string of the molecule is CN(C(N)=NCCc1c[nH]c2cc(Cl)cc(Cl)c12)C1CC1. The van der Waals surface area contributed by atoms with Gasteiger partial charge in [0.2, 0.25) is 0 Å². The van der Waals surface area contributed by atoms with Crippen LogP contribution < -0.4 is 5.73 Å². The smallest absolute Gasteiger partial charge is 0.191 e. The molecule has 1 heterocycles. The number of rotatable bonds is 4. The van der Waals surface area contributed by atoms with Crippen molar-refractivity contribution >= 4 is 40.1 Å². The fraction of sp³-hybridized carbons (Fsp3) is 0.400. The first-order valence-corrected chi connectivity index (χ1v) is 7.79. The van der Waals surface area contributed by atoms with Crippen LogP contribution in [-0.2, 0) is 6.42 Å². The number of aliphatic imine (C=N–C) groups is 1. The second kappa shape index (κ2) is 5.78. The van der Waals surface area contributed by atoms with Gasteiger partial charge in [0.25, 0.3) is 0 Å². The number of nitrogens with zero attached hydrogens (tertiary/aromatic N) is 2. The third-order valence-electron chi connectivity index (χ3n) is 3.89. The first-order chi connectivity index (χ1) is 10.1. The molecule has 3 N–H and O–H groups in total. The number of guanidine groups is 1. The molecule has 0 unspecified atom stereocenters. The number of H-pyrrole nitrogens is 1. The predicted octanol–water partition coefficient (Wildman–Crippen LogP) is 3.43. The number of hydrogen-bond acceptors (Lipinski definition) is 1. The zero-order chi connectivity index (χ0) is 15.0. The van der Waals surface area contributed by atoms with Crippen molar-refractivity contribution in [1.29, 1.82) is 0 Å². The van der Waals surface area contributed by atoms with E-state index in [0.717, 1.165) is 22.9 Å². The van der Waals surface area contributed by atoms with Gasteiger partial charge in [-0.05, 0) is 37.0 Å². The fourth-order valence-electron chi connectivity index (χ4n) is 2.50. The Bertz CT molecular complexity index is 688. The van der Waals surface area contributed by atoms with Crippen LogP contribution in [0.3, 0.4) is 0 Å². The van der Waals surface area contributed by atoms with Crippen LogP contribution in [-0.4, -0.2) is 35.5 Å². The van der Waals surface area contributed by atoms with Gasteiger partial charge in [0, 0.05) is 41.8 Å². The van der Waals surface area contributed by atoms with Gasteiger partial charge in [0.05, 0.1) is 5.02 Å². The van der Waals surface area contributed by atoms with Crippen molar-refractivity contribution in [3.63, 3.8) is 0 Å². The highest BCUT2D eigenvalue weighted by Gasteiger charge is 2.27. The number of fused-ring (bicyclic) bond motifs is 1. The van der Waals surface area contributed by atoms with E-state index in [-0.39, 0.29) is 0 Å². The molecule has 0 saturated heterocycles. The van der Waals surface area contributed by atoms with Gasteiger partial charge in [-0.2, -0.15) is 0 Å². The first kappa shape index (κ1) is 14.5. The molecular formula is C15H18Cl2N4. The van der Waals surface area contributed by atoms with E-state index in [1.54, 1.807) is 6.07 Å². The molecule has 0 bridgehead atoms. The Labute approximate surface area is 133 Å². The number of benzene rings is 1. The molecule has 1 aliphatic rings. The molecule has 1 fully saturated rings. The van der Waals surface area contributed by atoms with Gasteiger partial charge in [-0.15, -0.1) is 0 Å². The highest BCUT2D eigenvalue weighted by Crippen LogP contribution is 2.30. The quantitative estimate of drug-likeness (QED) is 0.668. The van der Waals surface area contributed by atoms with Crippen molar-refractivity contribution in [3.8, 4) is 0 Å². The second-order valence-corrected chi connectivity index (χ2v) is 6.30. The molecule has 1 aliphatic carbocycles. The summed E-state index contributed by atoms with van der Waals surface area (Å²) in [5.41, 5.74) is 8.07. The summed E-state index contributed by atoms with van der Waals surface area (Å²) in [7, 11) is 2.00. The minimum absolute atomic E-state index is 0.582. The van der Waals surface area contributed by atoms with Crippen LogP contribution in [0.5, 0.6) is 0 Å². The molecule has 0 amide bonds. The lowest BCUT2D eigenvalue weighted by Gasteiger charge is -2.16. The van der Waals surface area contributed by atoms with Crippen molar-refractivity contribution in [2.45, 2.75) is 25.3 Å². The van der Waals surface area contributed by atoms with Gasteiger partial charge in [-0.1, -0.05) is 23.2 Å². The van der Waals surface area contributed by atoms with Gasteiger partial charge < -0.3 is 15.6 Å². The normalized spacial score (nSPS) is 15.7. The highest BCUT2D eigenvalue weighted by atomic mass is 35.5. The van der Waals surface area contributed by atoms with Gasteiger partial charge in [-0.25, -0.2) is 0 Å². The van der Waals surface area contributed by atoms with Crippen molar-refractivity contribution in [3.05, 3.63) is 33.9 Å². The molecule has 0 atom stereocenters. The number of aromatic nitrogens is 1. The molecule has 4 nitrogen and oxygen atoms in total. The molecule has 0 spiro atoms. The summed E-state index contributed by atoms with van der Waals surface area (Å²) in [4.78, 5) is 9.71. The van der Waals surface area contributed by atoms with Crippen LogP contribution in [0.25, 0.3) is 10.9 Å². The van der Waals surface area contributed by atoms with Crippen molar-refractivity contribution in [1.82, 2.24) is 9.88 Å². The Balaban J connectivity index is 1.72. The molecule has 0 radical (unpaired) electrons. The average Bonchev–Trinajstić information content (AvgIpc) is 3.20. The van der Waals surface area contributed by atoms with E-state index in [4.69, 9.17) is 28.9 Å². The highest BCUT2D eigenvalue weighted by molar-refractivity contribution is 6.38. The Hall–Kier alpha value is -1.39. The first-order valence-electron chi connectivity index (χ1n) is 7.04. The molecule has 0 aliphatic heterocycles. The topological polar surface area (TPSA) is 57.4 Å². The molecule has 1 aromatic carbocycles. The zero-order valence-corrected chi connectivity index (χ0v) is 13.4. The van der Waals surface area contributed by atoms with Crippen LogP contribution >= 0.6 is 23.2 Å². The van der Waals surface area contributed by atoms with Gasteiger partial charge in [0.15, 0.2) is 5.96 Å². The lowest BCUT2D eigenvalue weighted by atomic mass is 10.1. The Morgan fingerprint density at radius 1 is 1.43 bits per heavy atom. The Kier molecular flexibility index (Phi) is 4.00. The lowest BCUT2D eigenvalue weighted by Crippen LogP contribution is -2.35. The number of nitrogens with two attached hydrogens (primary N) is 1. The van der Waals surface area contributed by atoms with Crippen molar-refractivity contribution < 1.29 is 0 Å². The van der Waals surface area contributed by atoms with E-state index in [2.05, 4.69) is 14.9 Å². The third kappa shape index (κ3) is 3.11. The summed E-state index contributed by atoms with van der Waals surface area (Å²) in [6.07, 6.45) is 5.18. The van der Waals surface area contributed by atoms with Crippen molar-refractivity contribution in [2.75, 3.05) is 13.6 Å². The summed E-state index contributed by atoms with van der Waals surface area (Å²) in [5.74, 6) is 0.617. The van der Waals surface area contributed by atoms with E-state index in [9.17, 15) is 0 Å². The summed E-state index contributed by atoms with van der Waals surface area (Å²) >= 11 is 12.3. The number of aromatic amines is 1. The summed E-state index contributed by atoms with van der Waals surface area (Å²) in [6.45, 7) is 0.648. The molecule has 21 heavy (non-hydrogen) atoms. The van der Waals surface area contributed by atoms with Crippen LogP contribution in [0.15, 0.2) is 23.3 Å². The van der Waals surface area contributed by atoms with Crippen LogP contribution in [0, 0.1) is 0 Å². The monoisotopic (exact) mass is 324 g/mol.